The van der Waals surface area contributed by atoms with Crippen molar-refractivity contribution >= 4 is 17.7 Å². The maximum atomic E-state index is 13.9. The zero-order valence-corrected chi connectivity index (χ0v) is 18.1. The van der Waals surface area contributed by atoms with Gasteiger partial charge in [0.05, 0.1) is 32.4 Å². The Labute approximate surface area is 181 Å². The Morgan fingerprint density at radius 1 is 1.16 bits per heavy atom. The van der Waals surface area contributed by atoms with Gasteiger partial charge in [0.2, 0.25) is 5.91 Å². The number of ether oxygens (including phenoxy) is 3. The van der Waals surface area contributed by atoms with E-state index in [9.17, 15) is 14.0 Å². The van der Waals surface area contributed by atoms with E-state index in [1.165, 1.54) is 25.2 Å². The molecule has 0 aliphatic carbocycles. The van der Waals surface area contributed by atoms with Gasteiger partial charge in [-0.3, -0.25) is 9.69 Å². The van der Waals surface area contributed by atoms with E-state index in [1.54, 1.807) is 37.3 Å². The highest BCUT2D eigenvalue weighted by molar-refractivity contribution is 5.95. The van der Waals surface area contributed by atoms with Crippen molar-refractivity contribution in [3.63, 3.8) is 0 Å². The number of carbonyl (C=O) groups excluding carboxylic acids is 2. The van der Waals surface area contributed by atoms with Crippen molar-refractivity contribution in [2.24, 2.45) is 0 Å². The first-order chi connectivity index (χ1) is 14.9. The summed E-state index contributed by atoms with van der Waals surface area (Å²) in [5.74, 6) is -0.295. The molecule has 0 bridgehead atoms. The number of benzene rings is 2. The molecule has 1 N–H and O–H groups in total. The average molecular weight is 430 g/mol. The molecule has 0 radical (unpaired) electrons. The number of nitrogens with one attached hydrogen (secondary N) is 1. The van der Waals surface area contributed by atoms with Gasteiger partial charge in [0.25, 0.3) is 0 Å². The quantitative estimate of drug-likeness (QED) is 0.750. The Bertz CT molecular complexity index is 965. The molecule has 2 aromatic rings. The van der Waals surface area contributed by atoms with E-state index in [0.29, 0.717) is 34.7 Å². The largest absolute Gasteiger partial charge is 0.493 e. The van der Waals surface area contributed by atoms with Gasteiger partial charge >= 0.3 is 6.09 Å². The topological polar surface area (TPSA) is 77.1 Å². The van der Waals surface area contributed by atoms with Crippen LogP contribution in [0, 0.1) is 5.82 Å². The summed E-state index contributed by atoms with van der Waals surface area (Å²) in [5, 5.41) is 2.82. The highest BCUT2D eigenvalue weighted by Gasteiger charge is 2.39. The summed E-state index contributed by atoms with van der Waals surface area (Å²) in [4.78, 5) is 27.3. The molecule has 2 atom stereocenters. The van der Waals surface area contributed by atoms with Crippen LogP contribution in [-0.2, 0) is 16.1 Å². The van der Waals surface area contributed by atoms with Crippen molar-refractivity contribution in [3.05, 3.63) is 53.3 Å². The van der Waals surface area contributed by atoms with Crippen molar-refractivity contribution in [2.45, 2.75) is 38.8 Å². The van der Waals surface area contributed by atoms with E-state index >= 15 is 0 Å². The molecule has 0 saturated heterocycles. The van der Waals surface area contributed by atoms with Crippen LogP contribution >= 0.6 is 0 Å². The predicted octanol–water partition coefficient (Wildman–Crippen LogP) is 4.00. The number of halogens is 1. The molecule has 7 nitrogen and oxygen atoms in total. The summed E-state index contributed by atoms with van der Waals surface area (Å²) >= 11 is 0. The monoisotopic (exact) mass is 430 g/mol. The molecule has 8 heteroatoms. The fraction of sp³-hybridized carbons (Fsp3) is 0.391. The Hall–Kier alpha value is -3.29. The second-order valence-electron chi connectivity index (χ2n) is 7.28. The Morgan fingerprint density at radius 3 is 2.48 bits per heavy atom. The Kier molecular flexibility index (Phi) is 6.99. The van der Waals surface area contributed by atoms with Crippen LogP contribution in [0.1, 0.15) is 37.3 Å². The van der Waals surface area contributed by atoms with Crippen molar-refractivity contribution in [1.82, 2.24) is 5.32 Å². The molecular weight excluding hydrogens is 403 g/mol. The fourth-order valence-electron chi connectivity index (χ4n) is 3.85. The second-order valence-corrected chi connectivity index (χ2v) is 7.28. The SMILES string of the molecule is CCOC(=O)N1c2cc(OC)c(OC)cc2C(C(=O)NCc2ccccc2F)CC1C. The minimum absolute atomic E-state index is 0.0700. The number of hydrogen-bond donors (Lipinski definition) is 1. The standard InChI is InChI=1S/C23H27FN2O5/c1-5-31-23(28)26-14(2)10-17(16-11-20(29-3)21(30-4)12-19(16)26)22(27)25-13-15-8-6-7-9-18(15)24/h6-9,11-12,14,17H,5,10,13H2,1-4H3,(H,25,27). The third kappa shape index (κ3) is 4.57. The lowest BCUT2D eigenvalue weighted by Gasteiger charge is -2.38. The van der Waals surface area contributed by atoms with Gasteiger partial charge in [0.15, 0.2) is 11.5 Å². The summed E-state index contributed by atoms with van der Waals surface area (Å²) in [5.41, 5.74) is 1.55. The minimum Gasteiger partial charge on any atom is -0.493 e. The number of fused-ring (bicyclic) bond motifs is 1. The fourth-order valence-corrected chi connectivity index (χ4v) is 3.85. The predicted molar refractivity (Wildman–Crippen MR) is 114 cm³/mol. The van der Waals surface area contributed by atoms with Gasteiger partial charge in [-0.1, -0.05) is 18.2 Å². The summed E-state index contributed by atoms with van der Waals surface area (Å²) in [7, 11) is 3.01. The summed E-state index contributed by atoms with van der Waals surface area (Å²) < 4.78 is 30.0. The maximum Gasteiger partial charge on any atom is 0.414 e. The molecule has 0 spiro atoms. The van der Waals surface area contributed by atoms with Gasteiger partial charge in [-0.25, -0.2) is 9.18 Å². The van der Waals surface area contributed by atoms with Crippen LogP contribution in [0.5, 0.6) is 11.5 Å². The molecule has 2 amide bonds. The van der Waals surface area contributed by atoms with E-state index in [0.717, 1.165) is 0 Å². The lowest BCUT2D eigenvalue weighted by molar-refractivity contribution is -0.123. The number of methoxy groups -OCH3 is 2. The van der Waals surface area contributed by atoms with E-state index < -0.39 is 12.0 Å². The van der Waals surface area contributed by atoms with Gasteiger partial charge in [-0.2, -0.15) is 0 Å². The van der Waals surface area contributed by atoms with Crippen LogP contribution in [-0.4, -0.2) is 38.9 Å². The molecule has 1 heterocycles. The molecular formula is C23H27FN2O5. The van der Waals surface area contributed by atoms with Crippen LogP contribution in [0.3, 0.4) is 0 Å². The van der Waals surface area contributed by atoms with E-state index in [4.69, 9.17) is 14.2 Å². The highest BCUT2D eigenvalue weighted by Crippen LogP contribution is 2.44. The van der Waals surface area contributed by atoms with E-state index in [2.05, 4.69) is 5.32 Å². The van der Waals surface area contributed by atoms with Crippen LogP contribution in [0.4, 0.5) is 14.9 Å². The molecule has 0 fully saturated rings. The molecule has 0 aromatic heterocycles. The molecule has 1 aliphatic heterocycles. The van der Waals surface area contributed by atoms with Gasteiger partial charge < -0.3 is 19.5 Å². The number of carbonyl (C=O) groups is 2. The number of hydrogen-bond acceptors (Lipinski definition) is 5. The molecule has 3 rings (SSSR count). The van der Waals surface area contributed by atoms with E-state index in [-0.39, 0.29) is 30.9 Å². The van der Waals surface area contributed by atoms with E-state index in [1.807, 2.05) is 6.92 Å². The molecule has 2 unspecified atom stereocenters. The maximum absolute atomic E-state index is 13.9. The van der Waals surface area contributed by atoms with Gasteiger partial charge in [0, 0.05) is 24.2 Å². The summed E-state index contributed by atoms with van der Waals surface area (Å²) in [6.07, 6.45) is -0.113. The lowest BCUT2D eigenvalue weighted by Crippen LogP contribution is -2.46. The zero-order chi connectivity index (χ0) is 22.5. The van der Waals surface area contributed by atoms with Crippen molar-refractivity contribution in [2.75, 3.05) is 25.7 Å². The number of amides is 2. The first kappa shape index (κ1) is 22.4. The minimum atomic E-state index is -0.553. The van der Waals surface area contributed by atoms with Crippen molar-refractivity contribution in [1.29, 1.82) is 0 Å². The second kappa shape index (κ2) is 9.68. The third-order valence-corrected chi connectivity index (χ3v) is 5.38. The smallest absolute Gasteiger partial charge is 0.414 e. The molecule has 1 aliphatic rings. The first-order valence-electron chi connectivity index (χ1n) is 10.1. The Balaban J connectivity index is 1.96. The zero-order valence-electron chi connectivity index (χ0n) is 18.1. The van der Waals surface area contributed by atoms with Gasteiger partial charge in [0.1, 0.15) is 5.82 Å². The Morgan fingerprint density at radius 2 is 1.84 bits per heavy atom. The normalized spacial score (nSPS) is 17.5. The molecule has 166 valence electrons. The van der Waals surface area contributed by atoms with Crippen LogP contribution in [0.2, 0.25) is 0 Å². The van der Waals surface area contributed by atoms with Crippen LogP contribution in [0.15, 0.2) is 36.4 Å². The average Bonchev–Trinajstić information content (AvgIpc) is 2.76. The number of rotatable bonds is 6. The third-order valence-electron chi connectivity index (χ3n) is 5.38. The molecule has 31 heavy (non-hydrogen) atoms. The van der Waals surface area contributed by atoms with Crippen molar-refractivity contribution < 1.29 is 28.2 Å². The highest BCUT2D eigenvalue weighted by atomic mass is 19.1. The van der Waals surface area contributed by atoms with Crippen molar-refractivity contribution in [3.8, 4) is 11.5 Å². The van der Waals surface area contributed by atoms with Gasteiger partial charge in [-0.05, 0) is 38.0 Å². The number of anilines is 1. The first-order valence-corrected chi connectivity index (χ1v) is 10.1. The van der Waals surface area contributed by atoms with Gasteiger partial charge in [-0.15, -0.1) is 0 Å². The summed E-state index contributed by atoms with van der Waals surface area (Å²) in [6, 6.07) is 9.39. The van der Waals surface area contributed by atoms with Crippen LogP contribution < -0.4 is 19.7 Å². The molecule has 0 saturated carbocycles. The number of nitrogens with zero attached hydrogens (tertiary/aromatic N) is 1. The van der Waals surface area contributed by atoms with Crippen LogP contribution in [0.25, 0.3) is 0 Å². The summed E-state index contributed by atoms with van der Waals surface area (Å²) in [6.45, 7) is 3.90. The molecule has 2 aromatic carbocycles. The lowest BCUT2D eigenvalue weighted by atomic mass is 9.85.